The molecule has 7 heteroatoms. The Labute approximate surface area is 174 Å². The lowest BCUT2D eigenvalue weighted by atomic mass is 10.1. The molecular formula is C22H23N3O3S. The molecule has 3 rings (SSSR count). The molecule has 1 aromatic heterocycles. The highest BCUT2D eigenvalue weighted by atomic mass is 32.1. The van der Waals surface area contributed by atoms with Crippen molar-refractivity contribution in [1.29, 1.82) is 0 Å². The Morgan fingerprint density at radius 3 is 2.48 bits per heavy atom. The van der Waals surface area contributed by atoms with Crippen LogP contribution in [0.4, 0.5) is 5.69 Å². The van der Waals surface area contributed by atoms with Crippen LogP contribution >= 0.6 is 11.3 Å². The average Bonchev–Trinajstić information content (AvgIpc) is 3.27. The quantitative estimate of drug-likeness (QED) is 0.596. The summed E-state index contributed by atoms with van der Waals surface area (Å²) in [6.07, 6.45) is 0. The van der Waals surface area contributed by atoms with Crippen molar-refractivity contribution in [3.8, 4) is 5.75 Å². The van der Waals surface area contributed by atoms with Crippen LogP contribution in [0.1, 0.15) is 40.3 Å². The molecule has 3 aromatic rings. The van der Waals surface area contributed by atoms with Crippen LogP contribution in [0.5, 0.6) is 5.75 Å². The SMILES string of the molecule is CCN(CC)C(=O)c1ccc(NC(=O)c2cccc(OCc3cscn3)c2)cc1. The lowest BCUT2D eigenvalue weighted by Crippen LogP contribution is -2.30. The summed E-state index contributed by atoms with van der Waals surface area (Å²) in [7, 11) is 0. The third-order valence-corrected chi connectivity index (χ3v) is 5.04. The zero-order chi connectivity index (χ0) is 20.6. The Morgan fingerprint density at radius 1 is 1.07 bits per heavy atom. The van der Waals surface area contributed by atoms with E-state index in [0.717, 1.165) is 5.69 Å². The zero-order valence-corrected chi connectivity index (χ0v) is 17.2. The first-order chi connectivity index (χ1) is 14.1. The van der Waals surface area contributed by atoms with E-state index in [-0.39, 0.29) is 11.8 Å². The average molecular weight is 410 g/mol. The summed E-state index contributed by atoms with van der Waals surface area (Å²) in [6.45, 7) is 5.58. The molecule has 2 aromatic carbocycles. The summed E-state index contributed by atoms with van der Waals surface area (Å²) in [5, 5.41) is 4.77. The van der Waals surface area contributed by atoms with Crippen molar-refractivity contribution in [2.24, 2.45) is 0 Å². The van der Waals surface area contributed by atoms with Gasteiger partial charge in [-0.15, -0.1) is 11.3 Å². The molecule has 0 saturated heterocycles. The highest BCUT2D eigenvalue weighted by Gasteiger charge is 2.13. The first-order valence-electron chi connectivity index (χ1n) is 9.41. The second-order valence-electron chi connectivity index (χ2n) is 6.31. The maximum absolute atomic E-state index is 12.6. The van der Waals surface area contributed by atoms with Crippen molar-refractivity contribution in [3.63, 3.8) is 0 Å². The van der Waals surface area contributed by atoms with Gasteiger partial charge in [-0.1, -0.05) is 6.07 Å². The number of carbonyl (C=O) groups is 2. The van der Waals surface area contributed by atoms with Crippen LogP contribution < -0.4 is 10.1 Å². The number of anilines is 1. The van der Waals surface area contributed by atoms with Gasteiger partial charge >= 0.3 is 0 Å². The molecule has 0 spiro atoms. The predicted octanol–water partition coefficient (Wildman–Crippen LogP) is 4.46. The largest absolute Gasteiger partial charge is 0.487 e. The molecule has 0 aliphatic carbocycles. The molecule has 1 heterocycles. The summed E-state index contributed by atoms with van der Waals surface area (Å²) >= 11 is 1.51. The van der Waals surface area contributed by atoms with Crippen LogP contribution in [-0.4, -0.2) is 34.8 Å². The number of nitrogens with one attached hydrogen (secondary N) is 1. The zero-order valence-electron chi connectivity index (χ0n) is 16.4. The standard InChI is InChI=1S/C22H23N3O3S/c1-3-25(4-2)22(27)16-8-10-18(11-9-16)24-21(26)17-6-5-7-20(12-17)28-13-19-14-29-15-23-19/h5-12,14-15H,3-4,13H2,1-2H3,(H,24,26). The van der Waals surface area contributed by atoms with Crippen LogP contribution in [0.3, 0.4) is 0 Å². The molecular weight excluding hydrogens is 386 g/mol. The maximum Gasteiger partial charge on any atom is 0.255 e. The van der Waals surface area contributed by atoms with Gasteiger partial charge in [0.25, 0.3) is 11.8 Å². The van der Waals surface area contributed by atoms with E-state index in [1.165, 1.54) is 11.3 Å². The lowest BCUT2D eigenvalue weighted by Gasteiger charge is -2.18. The van der Waals surface area contributed by atoms with Gasteiger partial charge in [-0.25, -0.2) is 4.98 Å². The van der Waals surface area contributed by atoms with Gasteiger partial charge in [0.1, 0.15) is 12.4 Å². The molecule has 1 N–H and O–H groups in total. The Kier molecular flexibility index (Phi) is 6.97. The third-order valence-electron chi connectivity index (χ3n) is 4.41. The van der Waals surface area contributed by atoms with Gasteiger partial charge in [0.2, 0.25) is 0 Å². The molecule has 150 valence electrons. The number of nitrogens with zero attached hydrogens (tertiary/aromatic N) is 2. The second-order valence-corrected chi connectivity index (χ2v) is 7.02. The van der Waals surface area contributed by atoms with Gasteiger partial charge < -0.3 is 15.0 Å². The molecule has 0 saturated carbocycles. The second kappa shape index (κ2) is 9.84. The van der Waals surface area contributed by atoms with E-state index in [1.54, 1.807) is 58.9 Å². The molecule has 6 nitrogen and oxygen atoms in total. The van der Waals surface area contributed by atoms with E-state index < -0.39 is 0 Å². The van der Waals surface area contributed by atoms with Crippen LogP contribution in [-0.2, 0) is 6.61 Å². The van der Waals surface area contributed by atoms with Crippen LogP contribution in [0.25, 0.3) is 0 Å². The summed E-state index contributed by atoms with van der Waals surface area (Å²) in [5.74, 6) is 0.343. The van der Waals surface area contributed by atoms with E-state index in [4.69, 9.17) is 4.74 Å². The number of ether oxygens (including phenoxy) is 1. The lowest BCUT2D eigenvalue weighted by molar-refractivity contribution is 0.0773. The normalized spacial score (nSPS) is 10.4. The van der Waals surface area contributed by atoms with Gasteiger partial charge in [0.05, 0.1) is 11.2 Å². The Balaban J connectivity index is 1.62. The van der Waals surface area contributed by atoms with E-state index in [0.29, 0.717) is 42.3 Å². The van der Waals surface area contributed by atoms with Crippen molar-refractivity contribution in [3.05, 3.63) is 76.2 Å². The molecule has 0 unspecified atom stereocenters. The molecule has 2 amide bonds. The minimum absolute atomic E-state index is 0.0159. The topological polar surface area (TPSA) is 71.5 Å². The van der Waals surface area contributed by atoms with Crippen LogP contribution in [0.2, 0.25) is 0 Å². The van der Waals surface area contributed by atoms with E-state index in [9.17, 15) is 9.59 Å². The summed E-state index contributed by atoms with van der Waals surface area (Å²) in [6, 6.07) is 13.9. The van der Waals surface area contributed by atoms with E-state index in [2.05, 4.69) is 10.3 Å². The number of carbonyl (C=O) groups excluding carboxylic acids is 2. The Bertz CT molecular complexity index is 952. The Hall–Kier alpha value is -3.19. The molecule has 0 bridgehead atoms. The molecule has 0 aliphatic rings. The summed E-state index contributed by atoms with van der Waals surface area (Å²) < 4.78 is 5.70. The fraction of sp³-hybridized carbons (Fsp3) is 0.227. The first kappa shape index (κ1) is 20.5. The van der Waals surface area contributed by atoms with Gasteiger partial charge in [0, 0.05) is 35.3 Å². The van der Waals surface area contributed by atoms with Crippen LogP contribution in [0.15, 0.2) is 59.4 Å². The molecule has 0 fully saturated rings. The smallest absolute Gasteiger partial charge is 0.255 e. The minimum Gasteiger partial charge on any atom is -0.487 e. The van der Waals surface area contributed by atoms with Gasteiger partial charge in [-0.3, -0.25) is 9.59 Å². The maximum atomic E-state index is 12.6. The van der Waals surface area contributed by atoms with Crippen molar-refractivity contribution >= 4 is 28.8 Å². The molecule has 0 atom stereocenters. The fourth-order valence-electron chi connectivity index (χ4n) is 2.79. The van der Waals surface area contributed by atoms with Crippen molar-refractivity contribution < 1.29 is 14.3 Å². The van der Waals surface area contributed by atoms with Crippen molar-refractivity contribution in [1.82, 2.24) is 9.88 Å². The number of hydrogen-bond acceptors (Lipinski definition) is 5. The number of thiazole rings is 1. The minimum atomic E-state index is -0.244. The number of hydrogen-bond donors (Lipinski definition) is 1. The summed E-state index contributed by atoms with van der Waals surface area (Å²) in [4.78, 5) is 30.9. The van der Waals surface area contributed by atoms with Gasteiger partial charge in [-0.2, -0.15) is 0 Å². The van der Waals surface area contributed by atoms with Gasteiger partial charge in [-0.05, 0) is 56.3 Å². The first-order valence-corrected chi connectivity index (χ1v) is 10.4. The third kappa shape index (κ3) is 5.42. The monoisotopic (exact) mass is 409 g/mol. The fourth-order valence-corrected chi connectivity index (χ4v) is 3.33. The highest BCUT2D eigenvalue weighted by molar-refractivity contribution is 7.07. The number of amides is 2. The molecule has 0 aliphatic heterocycles. The van der Waals surface area contributed by atoms with Crippen molar-refractivity contribution in [2.45, 2.75) is 20.5 Å². The molecule has 0 radical (unpaired) electrons. The van der Waals surface area contributed by atoms with Gasteiger partial charge in [0.15, 0.2) is 0 Å². The molecule has 29 heavy (non-hydrogen) atoms. The van der Waals surface area contributed by atoms with Crippen molar-refractivity contribution in [2.75, 3.05) is 18.4 Å². The van der Waals surface area contributed by atoms with Crippen LogP contribution in [0, 0.1) is 0 Å². The number of rotatable bonds is 8. The number of benzene rings is 2. The number of aromatic nitrogens is 1. The van der Waals surface area contributed by atoms with E-state index >= 15 is 0 Å². The highest BCUT2D eigenvalue weighted by Crippen LogP contribution is 2.18. The Morgan fingerprint density at radius 2 is 1.83 bits per heavy atom. The van der Waals surface area contributed by atoms with E-state index in [1.807, 2.05) is 19.2 Å². The summed E-state index contributed by atoms with van der Waals surface area (Å²) in [5.41, 5.74) is 4.32. The predicted molar refractivity (Wildman–Crippen MR) is 115 cm³/mol.